The third kappa shape index (κ3) is 6.40. The molecule has 6 nitrogen and oxygen atoms in total. The largest absolute Gasteiger partial charge is 0.437 e. The molecule has 8 aromatic carbocycles. The maximum atomic E-state index is 15.8. The van der Waals surface area contributed by atoms with Crippen LogP contribution < -0.4 is 19.7 Å². The molecule has 8 aromatic rings. The Morgan fingerprint density at radius 1 is 0.431 bits per heavy atom. The van der Waals surface area contributed by atoms with Crippen LogP contribution in [0, 0.1) is 0 Å². The van der Waals surface area contributed by atoms with Gasteiger partial charge in [0.05, 0.1) is 23.8 Å². The molecule has 0 saturated heterocycles. The second kappa shape index (κ2) is 15.1. The molecule has 0 fully saturated rings. The lowest BCUT2D eigenvalue weighted by Gasteiger charge is -2.35. The van der Waals surface area contributed by atoms with Gasteiger partial charge in [0, 0.05) is 11.1 Å². The van der Waals surface area contributed by atoms with Crippen LogP contribution in [0.2, 0.25) is 0 Å². The average Bonchev–Trinajstić information content (AvgIpc) is 3.27. The number of hydrogen-bond acceptors (Lipinski definition) is 6. The van der Waals surface area contributed by atoms with Crippen molar-refractivity contribution in [2.75, 3.05) is 0 Å². The number of ether oxygens (including phenoxy) is 2. The molecule has 0 amide bonds. The summed E-state index contributed by atoms with van der Waals surface area (Å²) in [5.74, 6) is -0.815. The lowest BCUT2D eigenvalue weighted by Crippen LogP contribution is -2.24. The first-order chi connectivity index (χ1) is 28.5. The average molecular weight is 797 g/mol. The highest BCUT2D eigenvalue weighted by Gasteiger charge is 2.47. The van der Waals surface area contributed by atoms with Gasteiger partial charge in [0.15, 0.2) is 11.7 Å². The van der Waals surface area contributed by atoms with Gasteiger partial charge >= 0.3 is 14.7 Å². The third-order valence-corrected chi connectivity index (χ3v) is 16.1. The Labute approximate surface area is 337 Å². The summed E-state index contributed by atoms with van der Waals surface area (Å²) < 4.78 is 58.4. The molecular weight excluding hydrogens is 758 g/mol. The van der Waals surface area contributed by atoms with Crippen LogP contribution in [-0.4, -0.2) is 0 Å². The molecule has 0 spiro atoms. The summed E-state index contributed by atoms with van der Waals surface area (Å²) in [5.41, 5.74) is 6.82. The van der Waals surface area contributed by atoms with Gasteiger partial charge in [-0.2, -0.15) is 0 Å². The van der Waals surface area contributed by atoms with Crippen LogP contribution in [0.5, 0.6) is 11.5 Å². The van der Waals surface area contributed by atoms with E-state index in [-0.39, 0.29) is 13.2 Å². The second-order valence-corrected chi connectivity index (χ2v) is 19.2. The minimum absolute atomic E-state index is 0.216. The quantitative estimate of drug-likeness (QED) is 0.128. The summed E-state index contributed by atoms with van der Waals surface area (Å²) in [5, 5.41) is 2.89. The Balaban J connectivity index is 1.11. The van der Waals surface area contributed by atoms with Crippen LogP contribution in [-0.2, 0) is 31.8 Å². The molecule has 284 valence electrons. The van der Waals surface area contributed by atoms with Crippen LogP contribution in [0.4, 0.5) is 0 Å². The van der Waals surface area contributed by atoms with Crippen LogP contribution in [0.15, 0.2) is 194 Å². The third-order valence-electron chi connectivity index (χ3n) is 10.9. The molecule has 2 aliphatic heterocycles. The zero-order valence-corrected chi connectivity index (χ0v) is 33.2. The van der Waals surface area contributed by atoms with Gasteiger partial charge in [-0.3, -0.25) is 9.13 Å². The van der Waals surface area contributed by atoms with E-state index in [2.05, 4.69) is 0 Å². The Morgan fingerprint density at radius 3 is 1.47 bits per heavy atom. The summed E-state index contributed by atoms with van der Waals surface area (Å²) in [7, 11) is -7.57. The molecule has 0 saturated carbocycles. The van der Waals surface area contributed by atoms with E-state index in [1.165, 1.54) is 0 Å². The first-order valence-electron chi connectivity index (χ1n) is 19.3. The molecule has 2 aliphatic rings. The van der Waals surface area contributed by atoms with Gasteiger partial charge in [-0.15, -0.1) is 0 Å². The number of benzene rings is 8. The Bertz CT molecular complexity index is 2900. The van der Waals surface area contributed by atoms with Crippen LogP contribution >= 0.6 is 14.7 Å². The van der Waals surface area contributed by atoms with E-state index >= 15 is 9.13 Å². The van der Waals surface area contributed by atoms with Crippen molar-refractivity contribution in [1.82, 2.24) is 0 Å². The summed E-state index contributed by atoms with van der Waals surface area (Å²) in [6, 6.07) is 62.5. The molecule has 58 heavy (non-hydrogen) atoms. The summed E-state index contributed by atoms with van der Waals surface area (Å²) >= 11 is 0. The van der Waals surface area contributed by atoms with E-state index in [1.807, 2.05) is 194 Å². The molecule has 10 rings (SSSR count). The SMILES string of the molecule is O=P1(C(OCc2ccccc2)c2ccc3c(C(OCc4ccccc4)P4(=O)Oc5ccccc5-c5ccccc54)cccc3c2)Oc2ccccc2-c2ccccc21. The van der Waals surface area contributed by atoms with Gasteiger partial charge in [0.1, 0.15) is 11.5 Å². The predicted molar refractivity (Wildman–Crippen MR) is 231 cm³/mol. The van der Waals surface area contributed by atoms with Gasteiger partial charge in [-0.05, 0) is 74.5 Å². The zero-order valence-electron chi connectivity index (χ0n) is 31.4. The van der Waals surface area contributed by atoms with Crippen molar-refractivity contribution >= 4 is 36.1 Å². The fourth-order valence-corrected chi connectivity index (χ4v) is 13.3. The molecular formula is C50H38O6P2. The second-order valence-electron chi connectivity index (χ2n) is 14.5. The molecule has 8 heteroatoms. The molecule has 0 bridgehead atoms. The van der Waals surface area contributed by atoms with E-state index in [9.17, 15) is 0 Å². The van der Waals surface area contributed by atoms with Crippen LogP contribution in [0.25, 0.3) is 33.0 Å². The fraction of sp³-hybridized carbons (Fsp3) is 0.0800. The van der Waals surface area contributed by atoms with Crippen LogP contribution in [0.1, 0.15) is 33.9 Å². The van der Waals surface area contributed by atoms with E-state index in [4.69, 9.17) is 18.5 Å². The minimum Gasteiger partial charge on any atom is -0.437 e. The van der Waals surface area contributed by atoms with Gasteiger partial charge in [-0.25, -0.2) is 0 Å². The van der Waals surface area contributed by atoms with Crippen molar-refractivity contribution in [2.45, 2.75) is 24.9 Å². The van der Waals surface area contributed by atoms with E-state index < -0.39 is 26.4 Å². The Morgan fingerprint density at radius 2 is 0.897 bits per heavy atom. The molecule has 0 radical (unpaired) electrons. The van der Waals surface area contributed by atoms with Crippen molar-refractivity contribution in [1.29, 1.82) is 0 Å². The van der Waals surface area contributed by atoms with Gasteiger partial charge in [0.25, 0.3) is 0 Å². The Hall–Kier alpha value is -6.00. The van der Waals surface area contributed by atoms with E-state index in [0.717, 1.165) is 49.7 Å². The summed E-state index contributed by atoms with van der Waals surface area (Å²) in [6.45, 7) is 0.436. The lowest BCUT2D eigenvalue weighted by molar-refractivity contribution is 0.0857. The Kier molecular flexibility index (Phi) is 9.44. The van der Waals surface area contributed by atoms with Crippen LogP contribution in [0.3, 0.4) is 0 Å². The number of hydrogen-bond donors (Lipinski definition) is 0. The van der Waals surface area contributed by atoms with Gasteiger partial charge in [-0.1, -0.05) is 164 Å². The smallest absolute Gasteiger partial charge is 0.310 e. The highest BCUT2D eigenvalue weighted by atomic mass is 31.2. The molecule has 0 aromatic heterocycles. The normalized spacial score (nSPS) is 18.7. The van der Waals surface area contributed by atoms with Crippen molar-refractivity contribution in [2.24, 2.45) is 0 Å². The predicted octanol–water partition coefficient (Wildman–Crippen LogP) is 12.6. The van der Waals surface area contributed by atoms with E-state index in [0.29, 0.717) is 27.7 Å². The van der Waals surface area contributed by atoms with Crippen molar-refractivity contribution in [3.63, 3.8) is 0 Å². The summed E-state index contributed by atoms with van der Waals surface area (Å²) in [4.78, 5) is 0. The van der Waals surface area contributed by atoms with Gasteiger partial charge < -0.3 is 18.5 Å². The first-order valence-corrected chi connectivity index (χ1v) is 22.7. The van der Waals surface area contributed by atoms with E-state index in [1.54, 1.807) is 0 Å². The standard InChI is InChI=1S/C50H38O6P2/c51-57(47-28-13-9-23-42(47)40-21-7-11-26-45(40)55-57)49(53-33-35-16-3-1-4-17-35)38-30-31-39-37(32-38)20-15-25-44(39)50(54-34-36-18-5-2-6-19-36)58(52)48-29-14-10-24-43(48)41-22-8-12-27-46(41)56-58/h1-32,49-50H,33-34H2. The summed E-state index contributed by atoms with van der Waals surface area (Å²) in [6.07, 6.45) is 0. The number of rotatable bonds is 10. The highest BCUT2D eigenvalue weighted by molar-refractivity contribution is 7.68. The monoisotopic (exact) mass is 796 g/mol. The minimum atomic E-state index is -3.80. The number of para-hydroxylation sites is 2. The maximum absolute atomic E-state index is 15.8. The molecule has 0 N–H and O–H groups in total. The lowest BCUT2D eigenvalue weighted by atomic mass is 10.0. The maximum Gasteiger partial charge on any atom is 0.310 e. The van der Waals surface area contributed by atoms with Crippen molar-refractivity contribution < 1.29 is 27.7 Å². The highest BCUT2D eigenvalue weighted by Crippen LogP contribution is 2.66. The topological polar surface area (TPSA) is 71.1 Å². The molecule has 0 aliphatic carbocycles. The van der Waals surface area contributed by atoms with Crippen molar-refractivity contribution in [3.8, 4) is 33.8 Å². The molecule has 2 heterocycles. The number of fused-ring (bicyclic) bond motifs is 7. The molecule has 4 unspecified atom stereocenters. The molecule has 4 atom stereocenters. The first kappa shape index (κ1) is 36.3. The fourth-order valence-electron chi connectivity index (χ4n) is 8.18. The van der Waals surface area contributed by atoms with Crippen molar-refractivity contribution in [3.05, 3.63) is 216 Å². The zero-order chi connectivity index (χ0) is 39.1. The van der Waals surface area contributed by atoms with Gasteiger partial charge in [0.2, 0.25) is 0 Å².